The molecule has 3 aliphatic carbocycles. The highest BCUT2D eigenvalue weighted by atomic mass is 16.3. The first kappa shape index (κ1) is 16.3. The van der Waals surface area contributed by atoms with E-state index in [-0.39, 0.29) is 29.0 Å². The molecule has 0 radical (unpaired) electrons. The van der Waals surface area contributed by atoms with E-state index < -0.39 is 0 Å². The highest BCUT2D eigenvalue weighted by Gasteiger charge is 2.58. The summed E-state index contributed by atoms with van der Waals surface area (Å²) in [6.07, 6.45) is 10.7. The van der Waals surface area contributed by atoms with Crippen LogP contribution in [0.1, 0.15) is 59.3 Å². The summed E-state index contributed by atoms with van der Waals surface area (Å²) in [5.74, 6) is 1.01. The maximum absolute atomic E-state index is 10.5. The van der Waals surface area contributed by atoms with Crippen LogP contribution in [0.2, 0.25) is 0 Å². The van der Waals surface area contributed by atoms with Crippen LogP contribution in [0.25, 0.3) is 0 Å². The van der Waals surface area contributed by atoms with E-state index in [0.29, 0.717) is 11.8 Å². The predicted molar refractivity (Wildman–Crippen MR) is 90.4 cm³/mol. The number of aliphatic hydroxyl groups excluding tert-OH is 2. The molecule has 0 aliphatic heterocycles. The molecule has 2 nitrogen and oxygen atoms in total. The first-order valence-electron chi connectivity index (χ1n) is 8.90. The van der Waals surface area contributed by atoms with E-state index in [4.69, 9.17) is 0 Å². The maximum Gasteiger partial charge on any atom is 0.0618 e. The zero-order valence-corrected chi connectivity index (χ0v) is 14.4. The minimum Gasteiger partial charge on any atom is -0.396 e. The Kier molecular flexibility index (Phi) is 3.85. The van der Waals surface area contributed by atoms with Crippen molar-refractivity contribution < 1.29 is 10.2 Å². The van der Waals surface area contributed by atoms with Crippen molar-refractivity contribution in [2.75, 3.05) is 6.61 Å². The molecule has 0 spiro atoms. The first-order chi connectivity index (χ1) is 10.3. The molecule has 2 heteroatoms. The molecular weight excluding hydrogens is 272 g/mol. The fourth-order valence-electron chi connectivity index (χ4n) is 5.86. The zero-order chi connectivity index (χ0) is 16.2. The molecule has 0 saturated heterocycles. The average Bonchev–Trinajstić information content (AvgIpc) is 2.51. The normalized spacial score (nSPS) is 51.5. The highest BCUT2D eigenvalue weighted by molar-refractivity contribution is 5.25. The van der Waals surface area contributed by atoms with E-state index >= 15 is 0 Å². The molecule has 6 atom stereocenters. The van der Waals surface area contributed by atoms with E-state index in [1.165, 1.54) is 12.8 Å². The smallest absolute Gasteiger partial charge is 0.0618 e. The quantitative estimate of drug-likeness (QED) is 0.755. The van der Waals surface area contributed by atoms with Gasteiger partial charge < -0.3 is 10.2 Å². The zero-order valence-electron chi connectivity index (χ0n) is 14.4. The fourth-order valence-corrected chi connectivity index (χ4v) is 5.86. The third-order valence-electron chi connectivity index (χ3n) is 7.61. The van der Waals surface area contributed by atoms with Gasteiger partial charge in [-0.25, -0.2) is 0 Å². The Labute approximate surface area is 135 Å². The van der Waals surface area contributed by atoms with E-state index in [2.05, 4.69) is 39.5 Å². The SMILES string of the molecule is C=C[C@@]1(C)CC[C@@H]2C(=CC[C@@H]3[C@]2(C)CC[C@H](O)[C@]3(C)CO)C1. The van der Waals surface area contributed by atoms with Crippen LogP contribution < -0.4 is 0 Å². The van der Waals surface area contributed by atoms with Crippen molar-refractivity contribution in [1.82, 2.24) is 0 Å². The molecule has 2 saturated carbocycles. The highest BCUT2D eigenvalue weighted by Crippen LogP contribution is 2.63. The van der Waals surface area contributed by atoms with Crippen molar-refractivity contribution >= 4 is 0 Å². The molecule has 3 rings (SSSR count). The molecule has 0 heterocycles. The van der Waals surface area contributed by atoms with Crippen molar-refractivity contribution in [2.45, 2.75) is 65.4 Å². The summed E-state index contributed by atoms with van der Waals surface area (Å²) in [5.41, 5.74) is 1.74. The predicted octanol–water partition coefficient (Wildman–Crippen LogP) is 4.08. The summed E-state index contributed by atoms with van der Waals surface area (Å²) < 4.78 is 0. The van der Waals surface area contributed by atoms with Crippen molar-refractivity contribution in [3.8, 4) is 0 Å². The minimum atomic E-state index is -0.368. The monoisotopic (exact) mass is 304 g/mol. The lowest BCUT2D eigenvalue weighted by atomic mass is 9.45. The molecule has 0 bridgehead atoms. The van der Waals surface area contributed by atoms with E-state index in [1.807, 2.05) is 0 Å². The molecule has 0 aromatic rings. The lowest BCUT2D eigenvalue weighted by Gasteiger charge is -2.60. The Hall–Kier alpha value is -0.600. The third-order valence-corrected chi connectivity index (χ3v) is 7.61. The van der Waals surface area contributed by atoms with E-state index in [9.17, 15) is 10.2 Å². The lowest BCUT2D eigenvalue weighted by Crippen LogP contribution is -2.57. The summed E-state index contributed by atoms with van der Waals surface area (Å²) in [6.45, 7) is 11.0. The van der Waals surface area contributed by atoms with Gasteiger partial charge in [0.05, 0.1) is 12.7 Å². The topological polar surface area (TPSA) is 40.5 Å². The number of fused-ring (bicyclic) bond motifs is 3. The van der Waals surface area contributed by atoms with Crippen LogP contribution in [-0.4, -0.2) is 22.9 Å². The van der Waals surface area contributed by atoms with Gasteiger partial charge in [-0.05, 0) is 61.2 Å². The number of allylic oxidation sites excluding steroid dienone is 3. The average molecular weight is 304 g/mol. The Morgan fingerprint density at radius 1 is 1.27 bits per heavy atom. The second-order valence-corrected chi connectivity index (χ2v) is 8.92. The minimum absolute atomic E-state index is 0.0920. The summed E-state index contributed by atoms with van der Waals surface area (Å²) in [4.78, 5) is 0. The molecule has 0 aromatic carbocycles. The van der Waals surface area contributed by atoms with Gasteiger partial charge in [0.2, 0.25) is 0 Å². The second kappa shape index (κ2) is 5.21. The van der Waals surface area contributed by atoms with Gasteiger partial charge in [-0.3, -0.25) is 0 Å². The van der Waals surface area contributed by atoms with Gasteiger partial charge in [-0.1, -0.05) is 38.5 Å². The van der Waals surface area contributed by atoms with Gasteiger partial charge in [0.1, 0.15) is 0 Å². The van der Waals surface area contributed by atoms with E-state index in [0.717, 1.165) is 25.7 Å². The van der Waals surface area contributed by atoms with Crippen LogP contribution in [0.5, 0.6) is 0 Å². The van der Waals surface area contributed by atoms with Gasteiger partial charge >= 0.3 is 0 Å². The Balaban J connectivity index is 1.96. The number of hydrogen-bond donors (Lipinski definition) is 2. The van der Waals surface area contributed by atoms with Crippen LogP contribution in [0, 0.1) is 28.1 Å². The molecule has 2 N–H and O–H groups in total. The van der Waals surface area contributed by atoms with Crippen LogP contribution in [0.4, 0.5) is 0 Å². The number of rotatable bonds is 2. The third kappa shape index (κ3) is 2.14. The fraction of sp³-hybridized carbons (Fsp3) is 0.800. The Morgan fingerprint density at radius 2 is 2.00 bits per heavy atom. The van der Waals surface area contributed by atoms with Gasteiger partial charge in [-0.15, -0.1) is 6.58 Å². The van der Waals surface area contributed by atoms with Crippen molar-refractivity contribution in [1.29, 1.82) is 0 Å². The first-order valence-corrected chi connectivity index (χ1v) is 8.90. The second-order valence-electron chi connectivity index (χ2n) is 8.92. The maximum atomic E-state index is 10.5. The molecule has 124 valence electrons. The molecule has 2 fully saturated rings. The van der Waals surface area contributed by atoms with Gasteiger partial charge in [0.15, 0.2) is 0 Å². The van der Waals surface area contributed by atoms with Crippen LogP contribution >= 0.6 is 0 Å². The standard InChI is InChI=1S/C20H32O2/c1-5-18(2)10-8-15-14(12-18)6-7-16-19(15,3)11-9-17(22)20(16,4)13-21/h5-6,15-17,21-22H,1,7-13H2,2-4H3/t15-,16-,17+,18+,19-,20-/m1/s1. The molecule has 0 unspecified atom stereocenters. The van der Waals surface area contributed by atoms with Gasteiger partial charge in [-0.2, -0.15) is 0 Å². The molecule has 0 aromatic heterocycles. The van der Waals surface area contributed by atoms with Crippen LogP contribution in [0.3, 0.4) is 0 Å². The summed E-state index contributed by atoms with van der Waals surface area (Å²) in [6, 6.07) is 0. The Bertz CT molecular complexity index is 496. The van der Waals surface area contributed by atoms with E-state index in [1.54, 1.807) is 5.57 Å². The lowest BCUT2D eigenvalue weighted by molar-refractivity contribution is -0.147. The number of aliphatic hydroxyl groups is 2. The van der Waals surface area contributed by atoms with Crippen molar-refractivity contribution in [2.24, 2.45) is 28.1 Å². The number of hydrogen-bond acceptors (Lipinski definition) is 2. The van der Waals surface area contributed by atoms with Gasteiger partial charge in [0, 0.05) is 5.41 Å². The molecule has 3 aliphatic rings. The molecular formula is C20H32O2. The molecule has 22 heavy (non-hydrogen) atoms. The van der Waals surface area contributed by atoms with Crippen molar-refractivity contribution in [3.05, 3.63) is 24.3 Å². The summed E-state index contributed by atoms with van der Waals surface area (Å²) >= 11 is 0. The van der Waals surface area contributed by atoms with Crippen LogP contribution in [-0.2, 0) is 0 Å². The van der Waals surface area contributed by atoms with Gasteiger partial charge in [0.25, 0.3) is 0 Å². The van der Waals surface area contributed by atoms with Crippen molar-refractivity contribution in [3.63, 3.8) is 0 Å². The largest absolute Gasteiger partial charge is 0.396 e. The molecule has 0 amide bonds. The summed E-state index contributed by atoms with van der Waals surface area (Å²) in [7, 11) is 0. The summed E-state index contributed by atoms with van der Waals surface area (Å²) in [5, 5.41) is 20.5. The van der Waals surface area contributed by atoms with Crippen LogP contribution in [0.15, 0.2) is 24.3 Å². The Morgan fingerprint density at radius 3 is 2.64 bits per heavy atom.